The molecule has 0 bridgehead atoms. The lowest BCUT2D eigenvalue weighted by atomic mass is 9.92. The molecular weight excluding hydrogens is 442 g/mol. The maximum atomic E-state index is 12.9. The summed E-state index contributed by atoms with van der Waals surface area (Å²) < 4.78 is 10.4. The molecule has 4 N–H and O–H groups in total. The summed E-state index contributed by atoms with van der Waals surface area (Å²) in [5.41, 5.74) is 10.5. The fraction of sp³-hybridized carbons (Fsp3) is 0.250. The number of amidine groups is 1. The highest BCUT2D eigenvalue weighted by molar-refractivity contribution is 5.95. The summed E-state index contributed by atoms with van der Waals surface area (Å²) in [5, 5.41) is 10.6. The van der Waals surface area contributed by atoms with Gasteiger partial charge in [0.1, 0.15) is 11.6 Å². The van der Waals surface area contributed by atoms with Crippen LogP contribution in [0.3, 0.4) is 0 Å². The zero-order valence-electron chi connectivity index (χ0n) is 20.4. The number of nitrogen functional groups attached to an aromatic ring is 1. The van der Waals surface area contributed by atoms with Crippen LogP contribution in [0.4, 0.5) is 0 Å². The van der Waals surface area contributed by atoms with Crippen LogP contribution in [0.15, 0.2) is 66.7 Å². The normalized spacial score (nSPS) is 12.3. The average molecular weight is 474 g/mol. The number of ether oxygens (including phenoxy) is 2. The fourth-order valence-electron chi connectivity index (χ4n) is 3.94. The standard InChI is InChI=1S/C28H31N3O4/c1-17-8-9-22(16-25(17)34-3)20-10-12-21(13-11-20)27(32)31-18(2)24(28(33)35-4)15-19-6-5-7-23(14-19)26(29)30/h5-14,16,18,24H,15H2,1-4H3,(H3,29,30)(H,31,32). The van der Waals surface area contributed by atoms with Gasteiger partial charge in [0.15, 0.2) is 0 Å². The number of carbonyl (C=O) groups is 2. The number of aryl methyl sites for hydroxylation is 1. The van der Waals surface area contributed by atoms with Crippen molar-refractivity contribution in [3.63, 3.8) is 0 Å². The highest BCUT2D eigenvalue weighted by Gasteiger charge is 2.28. The van der Waals surface area contributed by atoms with E-state index in [1.807, 2.05) is 43.3 Å². The van der Waals surface area contributed by atoms with Gasteiger partial charge in [0.25, 0.3) is 5.91 Å². The molecule has 1 amide bonds. The second kappa shape index (κ2) is 11.3. The summed E-state index contributed by atoms with van der Waals surface area (Å²) in [5.74, 6) is -0.548. The first-order valence-electron chi connectivity index (χ1n) is 11.3. The molecule has 0 heterocycles. The molecule has 0 radical (unpaired) electrons. The summed E-state index contributed by atoms with van der Waals surface area (Å²) >= 11 is 0. The Balaban J connectivity index is 1.73. The Kier molecular flexibility index (Phi) is 8.25. The van der Waals surface area contributed by atoms with Crippen LogP contribution in [0.5, 0.6) is 5.75 Å². The molecular formula is C28H31N3O4. The van der Waals surface area contributed by atoms with Gasteiger partial charge in [-0.05, 0) is 66.8 Å². The predicted molar refractivity (Wildman–Crippen MR) is 137 cm³/mol. The van der Waals surface area contributed by atoms with Gasteiger partial charge in [0.2, 0.25) is 0 Å². The Labute approximate surface area is 205 Å². The lowest BCUT2D eigenvalue weighted by molar-refractivity contribution is -0.146. The Morgan fingerprint density at radius 3 is 2.29 bits per heavy atom. The quantitative estimate of drug-likeness (QED) is 0.246. The Morgan fingerprint density at radius 2 is 1.66 bits per heavy atom. The molecule has 7 nitrogen and oxygen atoms in total. The number of esters is 1. The number of hydrogen-bond acceptors (Lipinski definition) is 5. The molecule has 7 heteroatoms. The summed E-state index contributed by atoms with van der Waals surface area (Å²) in [6.07, 6.45) is 0.337. The summed E-state index contributed by atoms with van der Waals surface area (Å²) in [4.78, 5) is 25.5. The zero-order chi connectivity index (χ0) is 25.5. The monoisotopic (exact) mass is 473 g/mol. The number of benzene rings is 3. The molecule has 0 aromatic heterocycles. The Bertz CT molecular complexity index is 1220. The van der Waals surface area contributed by atoms with Crippen molar-refractivity contribution in [3.05, 3.63) is 89.0 Å². The van der Waals surface area contributed by atoms with Gasteiger partial charge in [0.05, 0.1) is 20.1 Å². The van der Waals surface area contributed by atoms with Crippen molar-refractivity contribution < 1.29 is 19.1 Å². The third-order valence-corrected chi connectivity index (χ3v) is 6.05. The van der Waals surface area contributed by atoms with E-state index in [4.69, 9.17) is 20.6 Å². The second-order valence-corrected chi connectivity index (χ2v) is 8.47. The molecule has 0 aliphatic rings. The van der Waals surface area contributed by atoms with Gasteiger partial charge in [-0.1, -0.05) is 42.5 Å². The van der Waals surface area contributed by atoms with Crippen molar-refractivity contribution >= 4 is 17.7 Å². The van der Waals surface area contributed by atoms with Crippen molar-refractivity contribution in [2.24, 2.45) is 11.7 Å². The molecule has 0 saturated heterocycles. The van der Waals surface area contributed by atoms with Crippen molar-refractivity contribution in [3.8, 4) is 16.9 Å². The molecule has 0 spiro atoms. The topological polar surface area (TPSA) is 115 Å². The molecule has 2 unspecified atom stereocenters. The number of nitrogens with two attached hydrogens (primary N) is 1. The number of nitrogens with one attached hydrogen (secondary N) is 2. The van der Waals surface area contributed by atoms with E-state index in [0.717, 1.165) is 28.0 Å². The van der Waals surface area contributed by atoms with E-state index in [-0.39, 0.29) is 11.7 Å². The SMILES string of the molecule is COC(=O)C(Cc1cccc(C(=N)N)c1)C(C)NC(=O)c1ccc(-c2ccc(C)c(OC)c2)cc1. The van der Waals surface area contributed by atoms with Crippen LogP contribution in [0.25, 0.3) is 11.1 Å². The molecule has 0 saturated carbocycles. The summed E-state index contributed by atoms with van der Waals surface area (Å²) in [6, 6.07) is 19.9. The molecule has 3 aromatic carbocycles. The third-order valence-electron chi connectivity index (χ3n) is 6.05. The van der Waals surface area contributed by atoms with Crippen LogP contribution in [0.1, 0.15) is 34.0 Å². The van der Waals surface area contributed by atoms with Crippen molar-refractivity contribution in [1.82, 2.24) is 5.32 Å². The highest BCUT2D eigenvalue weighted by atomic mass is 16.5. The van der Waals surface area contributed by atoms with Crippen LogP contribution in [-0.2, 0) is 16.0 Å². The molecule has 2 atom stereocenters. The first-order chi connectivity index (χ1) is 16.7. The number of hydrogen-bond donors (Lipinski definition) is 3. The predicted octanol–water partition coefficient (Wildman–Crippen LogP) is 4.10. The van der Waals surface area contributed by atoms with E-state index in [0.29, 0.717) is 17.5 Å². The Morgan fingerprint density at radius 1 is 0.971 bits per heavy atom. The number of rotatable bonds is 9. The molecule has 3 rings (SSSR count). The molecule has 182 valence electrons. The lowest BCUT2D eigenvalue weighted by Gasteiger charge is -2.23. The zero-order valence-corrected chi connectivity index (χ0v) is 20.4. The number of amides is 1. The third kappa shape index (κ3) is 6.26. The minimum atomic E-state index is -0.606. The molecule has 35 heavy (non-hydrogen) atoms. The van der Waals surface area contributed by atoms with Gasteiger partial charge in [-0.15, -0.1) is 0 Å². The van der Waals surface area contributed by atoms with Crippen molar-refractivity contribution in [2.45, 2.75) is 26.3 Å². The molecule has 0 aliphatic carbocycles. The molecule has 0 aliphatic heterocycles. The van der Waals surface area contributed by atoms with E-state index in [1.54, 1.807) is 44.4 Å². The first kappa shape index (κ1) is 25.5. The van der Waals surface area contributed by atoms with Gasteiger partial charge in [-0.25, -0.2) is 0 Å². The van der Waals surface area contributed by atoms with E-state index in [1.165, 1.54) is 7.11 Å². The van der Waals surface area contributed by atoms with Gasteiger partial charge in [-0.2, -0.15) is 0 Å². The Hall–Kier alpha value is -4.13. The maximum Gasteiger partial charge on any atom is 0.311 e. The van der Waals surface area contributed by atoms with Crippen LogP contribution < -0.4 is 15.8 Å². The van der Waals surface area contributed by atoms with Gasteiger partial charge in [0, 0.05) is 17.2 Å². The maximum absolute atomic E-state index is 12.9. The number of carbonyl (C=O) groups excluding carboxylic acids is 2. The lowest BCUT2D eigenvalue weighted by Crippen LogP contribution is -2.42. The van der Waals surface area contributed by atoms with Crippen LogP contribution in [0, 0.1) is 18.3 Å². The smallest absolute Gasteiger partial charge is 0.311 e. The van der Waals surface area contributed by atoms with E-state index in [9.17, 15) is 9.59 Å². The largest absolute Gasteiger partial charge is 0.496 e. The molecule has 0 fully saturated rings. The highest BCUT2D eigenvalue weighted by Crippen LogP contribution is 2.27. The summed E-state index contributed by atoms with van der Waals surface area (Å²) in [7, 11) is 2.97. The fourth-order valence-corrected chi connectivity index (χ4v) is 3.94. The summed E-state index contributed by atoms with van der Waals surface area (Å²) in [6.45, 7) is 3.76. The van der Waals surface area contributed by atoms with Crippen LogP contribution in [-0.4, -0.2) is 38.0 Å². The van der Waals surface area contributed by atoms with Gasteiger partial charge >= 0.3 is 5.97 Å². The molecule has 3 aromatic rings. The minimum absolute atomic E-state index is 0.0460. The first-order valence-corrected chi connectivity index (χ1v) is 11.3. The van der Waals surface area contributed by atoms with Gasteiger partial charge in [-0.3, -0.25) is 15.0 Å². The minimum Gasteiger partial charge on any atom is -0.496 e. The van der Waals surface area contributed by atoms with E-state index >= 15 is 0 Å². The van der Waals surface area contributed by atoms with E-state index < -0.39 is 17.9 Å². The van der Waals surface area contributed by atoms with Crippen LogP contribution in [0.2, 0.25) is 0 Å². The number of methoxy groups -OCH3 is 2. The van der Waals surface area contributed by atoms with Crippen molar-refractivity contribution in [1.29, 1.82) is 5.41 Å². The second-order valence-electron chi connectivity index (χ2n) is 8.47. The average Bonchev–Trinajstić information content (AvgIpc) is 2.87. The van der Waals surface area contributed by atoms with Crippen molar-refractivity contribution in [2.75, 3.05) is 14.2 Å². The van der Waals surface area contributed by atoms with Crippen LogP contribution >= 0.6 is 0 Å². The van der Waals surface area contributed by atoms with E-state index in [2.05, 4.69) is 5.32 Å². The van der Waals surface area contributed by atoms with Gasteiger partial charge < -0.3 is 20.5 Å².